The van der Waals surface area contributed by atoms with Crippen LogP contribution in [0.1, 0.15) is 29.1 Å². The second kappa shape index (κ2) is 6.32. The van der Waals surface area contributed by atoms with Crippen molar-refractivity contribution in [3.8, 4) is 16.5 Å². The summed E-state index contributed by atoms with van der Waals surface area (Å²) in [6.45, 7) is 5.28. The molecule has 1 aliphatic heterocycles. The van der Waals surface area contributed by atoms with Crippen molar-refractivity contribution in [2.75, 3.05) is 18.0 Å². The molecule has 1 aliphatic rings. The van der Waals surface area contributed by atoms with Gasteiger partial charge in [0.1, 0.15) is 15.9 Å². The molecule has 1 N–H and O–H groups in total. The highest BCUT2D eigenvalue weighted by Gasteiger charge is 2.30. The first-order valence-electron chi connectivity index (χ1n) is 7.25. The van der Waals surface area contributed by atoms with Crippen molar-refractivity contribution in [3.63, 3.8) is 0 Å². The van der Waals surface area contributed by atoms with E-state index in [0.29, 0.717) is 24.2 Å². The maximum absolute atomic E-state index is 11.7. The molecule has 0 aliphatic carbocycles. The normalized spacial score (nSPS) is 21.2. The van der Waals surface area contributed by atoms with Gasteiger partial charge in [0.15, 0.2) is 0 Å². The topological polar surface area (TPSA) is 73.6 Å². The highest BCUT2D eigenvalue weighted by atomic mass is 32.1. The summed E-state index contributed by atoms with van der Waals surface area (Å²) in [4.78, 5) is 14.8. The molecule has 0 bridgehead atoms. The van der Waals surface area contributed by atoms with Crippen LogP contribution in [-0.4, -0.2) is 36.4 Å². The molecule has 120 valence electrons. The quantitative estimate of drug-likeness (QED) is 0.916. The first-order valence-corrected chi connectivity index (χ1v) is 8.95. The van der Waals surface area contributed by atoms with Crippen LogP contribution in [0.15, 0.2) is 17.5 Å². The van der Waals surface area contributed by atoms with Gasteiger partial charge in [-0.15, -0.1) is 22.7 Å². The van der Waals surface area contributed by atoms with Crippen LogP contribution in [0.5, 0.6) is 0 Å². The lowest BCUT2D eigenvalue weighted by atomic mass is 10.1. The average molecular weight is 348 g/mol. The van der Waals surface area contributed by atoms with E-state index in [0.717, 1.165) is 9.88 Å². The maximum Gasteiger partial charge on any atom is 0.346 e. The monoisotopic (exact) mass is 348 g/mol. The number of rotatable bonds is 3. The van der Waals surface area contributed by atoms with E-state index in [9.17, 15) is 15.2 Å². The molecule has 0 aromatic carbocycles. The first kappa shape index (κ1) is 16.0. The SMILES string of the molecule is CC1CN(c2sc(C(=O)O)c(-c3cccs3)c2C#N)CC(C)O1. The van der Waals surface area contributed by atoms with Crippen molar-refractivity contribution < 1.29 is 14.6 Å². The van der Waals surface area contributed by atoms with Crippen LogP contribution < -0.4 is 4.90 Å². The summed E-state index contributed by atoms with van der Waals surface area (Å²) in [5.41, 5.74) is 0.998. The predicted molar refractivity (Wildman–Crippen MR) is 91.5 cm³/mol. The Hall–Kier alpha value is -1.88. The number of nitrogens with zero attached hydrogens (tertiary/aromatic N) is 2. The highest BCUT2D eigenvalue weighted by molar-refractivity contribution is 7.19. The third-order valence-corrected chi connectivity index (χ3v) is 5.80. The van der Waals surface area contributed by atoms with Gasteiger partial charge < -0.3 is 14.7 Å². The number of carboxylic acids is 1. The van der Waals surface area contributed by atoms with E-state index < -0.39 is 5.97 Å². The van der Waals surface area contributed by atoms with E-state index in [1.54, 1.807) is 0 Å². The minimum absolute atomic E-state index is 0.0471. The fourth-order valence-corrected chi connectivity index (χ4v) is 4.87. The van der Waals surface area contributed by atoms with E-state index in [4.69, 9.17) is 4.74 Å². The Morgan fingerprint density at radius 2 is 2.13 bits per heavy atom. The summed E-state index contributed by atoms with van der Waals surface area (Å²) in [5.74, 6) is -0.990. The van der Waals surface area contributed by atoms with Crippen molar-refractivity contribution in [2.45, 2.75) is 26.1 Å². The maximum atomic E-state index is 11.7. The molecular formula is C16H16N2O3S2. The number of ether oxygens (including phenoxy) is 1. The zero-order chi connectivity index (χ0) is 16.6. The standard InChI is InChI=1S/C16H16N2O3S2/c1-9-7-18(8-10(2)21-9)15-11(6-17)13(12-4-3-5-22-12)14(23-15)16(19)20/h3-5,9-10H,7-8H2,1-2H3,(H,19,20). The van der Waals surface area contributed by atoms with Gasteiger partial charge in [0, 0.05) is 23.5 Å². The van der Waals surface area contributed by atoms with Gasteiger partial charge in [0.25, 0.3) is 0 Å². The van der Waals surface area contributed by atoms with Gasteiger partial charge in [-0.3, -0.25) is 0 Å². The van der Waals surface area contributed by atoms with Crippen molar-refractivity contribution in [2.24, 2.45) is 0 Å². The molecule has 2 unspecified atom stereocenters. The third-order valence-electron chi connectivity index (χ3n) is 3.67. The van der Waals surface area contributed by atoms with Crippen LogP contribution in [-0.2, 0) is 4.74 Å². The van der Waals surface area contributed by atoms with E-state index in [-0.39, 0.29) is 17.1 Å². The molecule has 2 aromatic rings. The van der Waals surface area contributed by atoms with Crippen LogP contribution in [0.2, 0.25) is 0 Å². The number of anilines is 1. The minimum atomic E-state index is -0.990. The zero-order valence-electron chi connectivity index (χ0n) is 12.8. The van der Waals surface area contributed by atoms with Gasteiger partial charge >= 0.3 is 5.97 Å². The Labute approximate surface area is 142 Å². The van der Waals surface area contributed by atoms with Gasteiger partial charge in [-0.2, -0.15) is 5.26 Å². The Balaban J connectivity index is 2.13. The molecule has 1 fully saturated rings. The van der Waals surface area contributed by atoms with Crippen LogP contribution >= 0.6 is 22.7 Å². The molecule has 1 saturated heterocycles. The fourth-order valence-electron chi connectivity index (χ4n) is 2.90. The molecular weight excluding hydrogens is 332 g/mol. The molecule has 2 aromatic heterocycles. The number of nitriles is 1. The number of morpholine rings is 1. The van der Waals surface area contributed by atoms with Crippen molar-refractivity contribution >= 4 is 33.6 Å². The Morgan fingerprint density at radius 1 is 1.43 bits per heavy atom. The zero-order valence-corrected chi connectivity index (χ0v) is 14.4. The fraction of sp³-hybridized carbons (Fsp3) is 0.375. The van der Waals surface area contributed by atoms with E-state index in [2.05, 4.69) is 11.0 Å². The average Bonchev–Trinajstić information content (AvgIpc) is 3.12. The van der Waals surface area contributed by atoms with Gasteiger partial charge in [0.2, 0.25) is 0 Å². The number of hydrogen-bond donors (Lipinski definition) is 1. The summed E-state index contributed by atoms with van der Waals surface area (Å²) in [5, 5.41) is 21.8. The number of thiophene rings is 2. The van der Waals surface area contributed by atoms with Gasteiger partial charge in [-0.05, 0) is 25.3 Å². The summed E-state index contributed by atoms with van der Waals surface area (Å²) in [7, 11) is 0. The number of carbonyl (C=O) groups is 1. The van der Waals surface area contributed by atoms with Gasteiger partial charge in [-0.25, -0.2) is 4.79 Å². The van der Waals surface area contributed by atoms with Gasteiger partial charge in [0.05, 0.1) is 17.8 Å². The molecule has 0 amide bonds. The molecule has 0 radical (unpaired) electrons. The van der Waals surface area contributed by atoms with Crippen LogP contribution in [0.25, 0.3) is 10.4 Å². The van der Waals surface area contributed by atoms with Crippen LogP contribution in [0.4, 0.5) is 5.00 Å². The number of aromatic carboxylic acids is 1. The summed E-state index contributed by atoms with van der Waals surface area (Å²) < 4.78 is 5.73. The molecule has 7 heteroatoms. The molecule has 23 heavy (non-hydrogen) atoms. The van der Waals surface area contributed by atoms with E-state index in [1.807, 2.05) is 31.4 Å². The molecule has 2 atom stereocenters. The summed E-state index contributed by atoms with van der Waals surface area (Å²) in [6, 6.07) is 5.95. The molecule has 0 saturated carbocycles. The first-order chi connectivity index (χ1) is 11.0. The molecule has 3 heterocycles. The van der Waals surface area contributed by atoms with E-state index >= 15 is 0 Å². The van der Waals surface area contributed by atoms with Crippen molar-refractivity contribution in [1.82, 2.24) is 0 Å². The molecule has 5 nitrogen and oxygen atoms in total. The summed E-state index contributed by atoms with van der Waals surface area (Å²) in [6.07, 6.45) is 0.0942. The van der Waals surface area contributed by atoms with Crippen LogP contribution in [0.3, 0.4) is 0 Å². The second-order valence-electron chi connectivity index (χ2n) is 5.54. The van der Waals surface area contributed by atoms with Gasteiger partial charge in [-0.1, -0.05) is 6.07 Å². The Kier molecular flexibility index (Phi) is 4.39. The third kappa shape index (κ3) is 2.98. The lowest BCUT2D eigenvalue weighted by Crippen LogP contribution is -2.45. The Morgan fingerprint density at radius 3 is 2.65 bits per heavy atom. The predicted octanol–water partition coefficient (Wildman–Crippen LogP) is 3.66. The minimum Gasteiger partial charge on any atom is -0.477 e. The second-order valence-corrected chi connectivity index (χ2v) is 7.49. The highest BCUT2D eigenvalue weighted by Crippen LogP contribution is 2.44. The molecule has 0 spiro atoms. The van der Waals surface area contributed by atoms with Crippen molar-refractivity contribution in [1.29, 1.82) is 5.26 Å². The number of hydrogen-bond acceptors (Lipinski definition) is 6. The van der Waals surface area contributed by atoms with Crippen LogP contribution in [0, 0.1) is 11.3 Å². The van der Waals surface area contributed by atoms with E-state index in [1.165, 1.54) is 22.7 Å². The van der Waals surface area contributed by atoms with Crippen molar-refractivity contribution in [3.05, 3.63) is 28.0 Å². The largest absolute Gasteiger partial charge is 0.477 e. The molecule has 3 rings (SSSR count). The lowest BCUT2D eigenvalue weighted by molar-refractivity contribution is -0.00502. The Bertz CT molecular complexity index is 751. The number of carboxylic acid groups (broad SMARTS) is 1. The smallest absolute Gasteiger partial charge is 0.346 e. The summed E-state index contributed by atoms with van der Waals surface area (Å²) >= 11 is 2.63. The lowest BCUT2D eigenvalue weighted by Gasteiger charge is -2.36.